The molecule has 1 aliphatic heterocycles. The lowest BCUT2D eigenvalue weighted by Crippen LogP contribution is -2.45. The van der Waals surface area contributed by atoms with E-state index < -0.39 is 0 Å². The van der Waals surface area contributed by atoms with Gasteiger partial charge in [0.15, 0.2) is 5.96 Å². The first kappa shape index (κ1) is 12.9. The summed E-state index contributed by atoms with van der Waals surface area (Å²) in [4.78, 5) is 4.36. The van der Waals surface area contributed by atoms with Gasteiger partial charge in [-0.3, -0.25) is 4.99 Å². The fourth-order valence-electron chi connectivity index (χ4n) is 2.03. The van der Waals surface area contributed by atoms with Crippen molar-refractivity contribution >= 4 is 5.96 Å². The first-order chi connectivity index (χ1) is 8.64. The van der Waals surface area contributed by atoms with E-state index in [-0.39, 0.29) is 12.0 Å². The molecule has 98 valence electrons. The third-order valence-corrected chi connectivity index (χ3v) is 3.37. The zero-order chi connectivity index (χ0) is 13.0. The summed E-state index contributed by atoms with van der Waals surface area (Å²) in [5.41, 5.74) is 0.837. The molecule has 4 heteroatoms. The first-order valence-corrected chi connectivity index (χ1v) is 6.35. The minimum Gasteiger partial charge on any atom is -0.395 e. The number of guanidine groups is 1. The number of benzene rings is 1. The molecule has 2 atom stereocenters. The molecule has 2 unspecified atom stereocenters. The molecule has 0 fully saturated rings. The van der Waals surface area contributed by atoms with Crippen LogP contribution in [-0.4, -0.2) is 36.8 Å². The van der Waals surface area contributed by atoms with Crippen molar-refractivity contribution < 1.29 is 5.11 Å². The Labute approximate surface area is 108 Å². The molecule has 4 nitrogen and oxygen atoms in total. The Morgan fingerprint density at radius 1 is 1.44 bits per heavy atom. The molecule has 1 aliphatic rings. The fraction of sp³-hybridized carbons (Fsp3) is 0.500. The van der Waals surface area contributed by atoms with Crippen LogP contribution < -0.4 is 10.6 Å². The number of aliphatic hydroxyl groups is 1. The van der Waals surface area contributed by atoms with Gasteiger partial charge in [0.1, 0.15) is 0 Å². The van der Waals surface area contributed by atoms with Crippen molar-refractivity contribution in [3.63, 3.8) is 0 Å². The van der Waals surface area contributed by atoms with Crippen LogP contribution in [0.25, 0.3) is 0 Å². The Bertz CT molecular complexity index is 418. The second kappa shape index (κ2) is 5.40. The van der Waals surface area contributed by atoms with E-state index in [1.165, 1.54) is 0 Å². The molecule has 0 spiro atoms. The zero-order valence-electron chi connectivity index (χ0n) is 11.0. The van der Waals surface area contributed by atoms with Gasteiger partial charge in [-0.05, 0) is 12.5 Å². The third kappa shape index (κ3) is 2.82. The highest BCUT2D eigenvalue weighted by atomic mass is 16.3. The highest BCUT2D eigenvalue weighted by Crippen LogP contribution is 2.22. The summed E-state index contributed by atoms with van der Waals surface area (Å²) in [5, 5.41) is 16.2. The van der Waals surface area contributed by atoms with Gasteiger partial charge < -0.3 is 15.7 Å². The molecule has 0 radical (unpaired) electrons. The lowest BCUT2D eigenvalue weighted by molar-refractivity contribution is 0.206. The molecule has 0 saturated heterocycles. The fourth-order valence-corrected chi connectivity index (χ4v) is 2.03. The molecule has 1 aromatic rings. The summed E-state index contributed by atoms with van der Waals surface area (Å²) in [6.07, 6.45) is 0. The molecule has 3 N–H and O–H groups in total. The van der Waals surface area contributed by atoms with Crippen LogP contribution in [0.3, 0.4) is 0 Å². The molecular formula is C14H21N3O. The van der Waals surface area contributed by atoms with Gasteiger partial charge in [-0.25, -0.2) is 0 Å². The summed E-state index contributed by atoms with van der Waals surface area (Å²) in [6, 6.07) is 10.5. The van der Waals surface area contributed by atoms with E-state index in [1.54, 1.807) is 0 Å². The van der Waals surface area contributed by atoms with Crippen molar-refractivity contribution in [1.29, 1.82) is 0 Å². The monoisotopic (exact) mass is 247 g/mol. The summed E-state index contributed by atoms with van der Waals surface area (Å²) in [6.45, 7) is 5.72. The van der Waals surface area contributed by atoms with Gasteiger partial charge in [0.05, 0.1) is 13.2 Å². The van der Waals surface area contributed by atoms with Crippen LogP contribution in [0.5, 0.6) is 0 Å². The molecule has 18 heavy (non-hydrogen) atoms. The maximum absolute atomic E-state index is 9.66. The van der Waals surface area contributed by atoms with E-state index in [4.69, 9.17) is 0 Å². The topological polar surface area (TPSA) is 56.7 Å². The van der Waals surface area contributed by atoms with Crippen molar-refractivity contribution in [3.05, 3.63) is 35.9 Å². The number of aliphatic hydroxyl groups excluding tert-OH is 1. The lowest BCUT2D eigenvalue weighted by Gasteiger charge is -2.28. The number of nitrogens with zero attached hydrogens (tertiary/aromatic N) is 1. The molecule has 0 aliphatic carbocycles. The average molecular weight is 247 g/mol. The maximum Gasteiger partial charge on any atom is 0.191 e. The smallest absolute Gasteiger partial charge is 0.191 e. The van der Waals surface area contributed by atoms with E-state index in [2.05, 4.69) is 22.5 Å². The minimum absolute atomic E-state index is 0.104. The molecular weight excluding hydrogens is 226 g/mol. The molecule has 0 bridgehead atoms. The summed E-state index contributed by atoms with van der Waals surface area (Å²) < 4.78 is 0. The van der Waals surface area contributed by atoms with Crippen LogP contribution in [0.1, 0.15) is 19.4 Å². The van der Waals surface area contributed by atoms with E-state index in [1.807, 2.05) is 37.3 Å². The summed E-state index contributed by atoms with van der Waals surface area (Å²) in [7, 11) is 0. The maximum atomic E-state index is 9.66. The number of hydrogen-bond acceptors (Lipinski definition) is 4. The highest BCUT2D eigenvalue weighted by molar-refractivity contribution is 5.81. The van der Waals surface area contributed by atoms with Gasteiger partial charge in [-0.2, -0.15) is 0 Å². The normalized spacial score (nSPS) is 21.9. The van der Waals surface area contributed by atoms with E-state index in [0.29, 0.717) is 12.6 Å². The van der Waals surface area contributed by atoms with Crippen molar-refractivity contribution in [2.24, 2.45) is 4.99 Å². The molecule has 0 amide bonds. The van der Waals surface area contributed by atoms with Crippen LogP contribution in [0, 0.1) is 0 Å². The quantitative estimate of drug-likeness (QED) is 0.740. The summed E-state index contributed by atoms with van der Waals surface area (Å²) in [5.74, 6) is 0.832. The van der Waals surface area contributed by atoms with Crippen molar-refractivity contribution in [2.45, 2.75) is 25.3 Å². The molecule has 0 saturated carbocycles. The van der Waals surface area contributed by atoms with Crippen LogP contribution in [0.15, 0.2) is 35.3 Å². The van der Waals surface area contributed by atoms with Gasteiger partial charge in [-0.1, -0.05) is 37.3 Å². The predicted molar refractivity (Wildman–Crippen MR) is 73.8 cm³/mol. The van der Waals surface area contributed by atoms with Gasteiger partial charge in [-0.15, -0.1) is 0 Å². The van der Waals surface area contributed by atoms with Gasteiger partial charge in [0.25, 0.3) is 0 Å². The van der Waals surface area contributed by atoms with E-state index in [0.717, 1.165) is 18.1 Å². The van der Waals surface area contributed by atoms with E-state index in [9.17, 15) is 5.11 Å². The van der Waals surface area contributed by atoms with Crippen LogP contribution in [0.4, 0.5) is 0 Å². The van der Waals surface area contributed by atoms with Crippen LogP contribution >= 0.6 is 0 Å². The summed E-state index contributed by atoms with van der Waals surface area (Å²) >= 11 is 0. The number of nitrogens with one attached hydrogen (secondary N) is 2. The second-order valence-electron chi connectivity index (χ2n) is 5.17. The Hall–Kier alpha value is -1.55. The predicted octanol–water partition coefficient (Wildman–Crippen LogP) is 0.874. The average Bonchev–Trinajstić information content (AvgIpc) is 2.83. The molecule has 1 aromatic carbocycles. The van der Waals surface area contributed by atoms with Gasteiger partial charge >= 0.3 is 0 Å². The zero-order valence-corrected chi connectivity index (χ0v) is 11.0. The largest absolute Gasteiger partial charge is 0.395 e. The SMILES string of the molecule is CC1CN=C(NCC(C)(CO)c2ccccc2)N1. The Balaban J connectivity index is 2.01. The first-order valence-electron chi connectivity index (χ1n) is 6.35. The Morgan fingerprint density at radius 2 is 2.17 bits per heavy atom. The van der Waals surface area contributed by atoms with E-state index >= 15 is 0 Å². The van der Waals surface area contributed by atoms with Crippen molar-refractivity contribution in [1.82, 2.24) is 10.6 Å². The Morgan fingerprint density at radius 3 is 2.72 bits per heavy atom. The number of rotatable bonds is 4. The standard InChI is InChI=1S/C14H21N3O/c1-11-8-15-13(17-11)16-9-14(2,10-18)12-6-4-3-5-7-12/h3-7,11,18H,8-10H2,1-2H3,(H2,15,16,17). The van der Waals surface area contributed by atoms with Crippen molar-refractivity contribution in [3.8, 4) is 0 Å². The Kier molecular flexibility index (Phi) is 3.87. The second-order valence-corrected chi connectivity index (χ2v) is 5.17. The minimum atomic E-state index is -0.294. The number of aliphatic imine (C=N–C) groups is 1. The molecule has 0 aromatic heterocycles. The molecule has 1 heterocycles. The van der Waals surface area contributed by atoms with Gasteiger partial charge in [0.2, 0.25) is 0 Å². The molecule has 2 rings (SSSR count). The third-order valence-electron chi connectivity index (χ3n) is 3.37. The van der Waals surface area contributed by atoms with Crippen molar-refractivity contribution in [2.75, 3.05) is 19.7 Å². The van der Waals surface area contributed by atoms with Crippen LogP contribution in [0.2, 0.25) is 0 Å². The highest BCUT2D eigenvalue weighted by Gasteiger charge is 2.26. The number of hydrogen-bond donors (Lipinski definition) is 3. The van der Waals surface area contributed by atoms with Crippen LogP contribution in [-0.2, 0) is 5.41 Å². The lowest BCUT2D eigenvalue weighted by atomic mass is 9.83. The van der Waals surface area contributed by atoms with Gasteiger partial charge in [0, 0.05) is 18.0 Å².